The first-order valence-corrected chi connectivity index (χ1v) is 10.9. The molecule has 7 nitrogen and oxygen atoms in total. The number of thiophene rings is 1. The number of nitrogens with one attached hydrogen (secondary N) is 1. The summed E-state index contributed by atoms with van der Waals surface area (Å²) < 4.78 is 41.5. The molecule has 5 rings (SSSR count). The lowest BCUT2D eigenvalue weighted by Crippen LogP contribution is -2.25. The molecule has 1 aliphatic heterocycles. The Bertz CT molecular complexity index is 1310. The predicted octanol–water partition coefficient (Wildman–Crippen LogP) is 5.66. The molecule has 0 radical (unpaired) electrons. The molecular formula is C19H10ClF2N3O4S2. The molecule has 2 aromatic carbocycles. The largest absolute Gasteiger partial charge is 0.586 e. The molecule has 12 heteroatoms. The zero-order valence-electron chi connectivity index (χ0n) is 15.2. The number of amides is 1. The molecule has 0 atom stereocenters. The van der Waals surface area contributed by atoms with E-state index >= 15 is 0 Å². The minimum Gasteiger partial charge on any atom is -0.410 e. The van der Waals surface area contributed by atoms with Gasteiger partial charge >= 0.3 is 6.29 Å². The van der Waals surface area contributed by atoms with Crippen molar-refractivity contribution in [3.05, 3.63) is 47.5 Å². The Balaban J connectivity index is 1.23. The van der Waals surface area contributed by atoms with Crippen molar-refractivity contribution in [3.63, 3.8) is 0 Å². The number of rotatable bonds is 5. The quantitative estimate of drug-likeness (QED) is 0.368. The Morgan fingerprint density at radius 1 is 1.16 bits per heavy atom. The fraction of sp³-hybridized carbons (Fsp3) is 0.105. The summed E-state index contributed by atoms with van der Waals surface area (Å²) in [5.74, 6) is -0.416. The lowest BCUT2D eigenvalue weighted by Gasteiger charge is -2.05. The van der Waals surface area contributed by atoms with Gasteiger partial charge in [0.2, 0.25) is 5.91 Å². The van der Waals surface area contributed by atoms with E-state index in [1.807, 2.05) is 24.3 Å². The highest BCUT2D eigenvalue weighted by molar-refractivity contribution is 7.99. The third-order valence-electron chi connectivity index (χ3n) is 4.15. The van der Waals surface area contributed by atoms with Crippen LogP contribution >= 0.6 is 34.7 Å². The molecule has 0 spiro atoms. The minimum atomic E-state index is -3.71. The predicted molar refractivity (Wildman–Crippen MR) is 112 cm³/mol. The van der Waals surface area contributed by atoms with Gasteiger partial charge in [-0.05, 0) is 18.2 Å². The number of alkyl halides is 2. The van der Waals surface area contributed by atoms with Gasteiger partial charge in [-0.25, -0.2) is 0 Å². The van der Waals surface area contributed by atoms with Crippen molar-refractivity contribution in [1.29, 1.82) is 0 Å². The zero-order chi connectivity index (χ0) is 21.6. The average Bonchev–Trinajstić information content (AvgIpc) is 3.41. The van der Waals surface area contributed by atoms with E-state index in [1.165, 1.54) is 29.5 Å². The van der Waals surface area contributed by atoms with Crippen LogP contribution in [0.2, 0.25) is 5.02 Å². The smallest absolute Gasteiger partial charge is 0.410 e. The molecular weight excluding hydrogens is 472 g/mol. The van der Waals surface area contributed by atoms with E-state index in [4.69, 9.17) is 16.0 Å². The number of benzene rings is 2. The minimum absolute atomic E-state index is 0.0353. The number of carbonyl (C=O) groups is 1. The van der Waals surface area contributed by atoms with Crippen LogP contribution in [-0.2, 0) is 4.79 Å². The van der Waals surface area contributed by atoms with E-state index in [0.29, 0.717) is 9.90 Å². The molecule has 0 fully saturated rings. The van der Waals surface area contributed by atoms with E-state index in [0.717, 1.165) is 21.8 Å². The summed E-state index contributed by atoms with van der Waals surface area (Å²) in [5.41, 5.74) is 0.286. The Hall–Kier alpha value is -2.89. The number of hydrogen-bond donors (Lipinski definition) is 1. The molecule has 0 saturated carbocycles. The van der Waals surface area contributed by atoms with Gasteiger partial charge in [-0.3, -0.25) is 4.79 Å². The van der Waals surface area contributed by atoms with Gasteiger partial charge in [-0.15, -0.1) is 30.3 Å². The number of thioether (sulfide) groups is 1. The van der Waals surface area contributed by atoms with E-state index in [1.54, 1.807) is 0 Å². The number of nitrogens with zero attached hydrogens (tertiary/aromatic N) is 2. The van der Waals surface area contributed by atoms with Crippen molar-refractivity contribution in [2.24, 2.45) is 0 Å². The first kappa shape index (κ1) is 20.0. The Morgan fingerprint density at radius 3 is 2.81 bits per heavy atom. The van der Waals surface area contributed by atoms with Crippen molar-refractivity contribution in [3.8, 4) is 22.3 Å². The van der Waals surface area contributed by atoms with Crippen LogP contribution in [0.4, 0.5) is 14.5 Å². The molecule has 3 heterocycles. The second-order valence-electron chi connectivity index (χ2n) is 6.28. The molecule has 0 bridgehead atoms. The number of anilines is 1. The fourth-order valence-corrected chi connectivity index (χ4v) is 4.86. The zero-order valence-corrected chi connectivity index (χ0v) is 17.6. The molecule has 158 valence electrons. The third kappa shape index (κ3) is 4.03. The van der Waals surface area contributed by atoms with Crippen molar-refractivity contribution in [2.75, 3.05) is 11.1 Å². The highest BCUT2D eigenvalue weighted by Crippen LogP contribution is 2.43. The topological polar surface area (TPSA) is 86.5 Å². The molecule has 31 heavy (non-hydrogen) atoms. The average molecular weight is 482 g/mol. The second kappa shape index (κ2) is 7.66. The second-order valence-corrected chi connectivity index (χ2v) is 8.64. The van der Waals surface area contributed by atoms with Gasteiger partial charge in [0, 0.05) is 21.8 Å². The van der Waals surface area contributed by atoms with Crippen LogP contribution in [-0.4, -0.2) is 28.2 Å². The lowest BCUT2D eigenvalue weighted by molar-refractivity contribution is -0.286. The summed E-state index contributed by atoms with van der Waals surface area (Å²) in [6.07, 6.45) is -3.71. The third-order valence-corrected chi connectivity index (χ3v) is 6.63. The first-order chi connectivity index (χ1) is 14.9. The highest BCUT2D eigenvalue weighted by Gasteiger charge is 2.43. The van der Waals surface area contributed by atoms with E-state index in [2.05, 4.69) is 25.0 Å². The summed E-state index contributed by atoms with van der Waals surface area (Å²) in [4.78, 5) is 12.9. The van der Waals surface area contributed by atoms with Gasteiger partial charge in [0.25, 0.3) is 11.1 Å². The maximum absolute atomic E-state index is 13.1. The summed E-state index contributed by atoms with van der Waals surface area (Å²) in [6, 6.07) is 11.6. The number of aromatic nitrogens is 2. The van der Waals surface area contributed by atoms with Gasteiger partial charge in [0.15, 0.2) is 11.5 Å². The monoisotopic (exact) mass is 481 g/mol. The number of hydrogen-bond acceptors (Lipinski definition) is 8. The van der Waals surface area contributed by atoms with Crippen LogP contribution in [0.25, 0.3) is 20.9 Å². The Kier molecular flexibility index (Phi) is 4.95. The van der Waals surface area contributed by atoms with Crippen LogP contribution in [0.5, 0.6) is 11.5 Å². The standard InChI is InChI=1S/C19H10ClF2N3O4S2/c20-15-10-3-1-2-4-13(10)31-16(15)17-24-25-18(27-17)30-8-14(26)23-9-5-6-11-12(7-9)29-19(21,22)28-11/h1-7H,8H2,(H,23,26). The number of carbonyl (C=O) groups excluding carboxylic acids is 1. The molecule has 1 N–H and O–H groups in total. The Morgan fingerprint density at radius 2 is 1.97 bits per heavy atom. The molecule has 1 aliphatic rings. The summed E-state index contributed by atoms with van der Waals surface area (Å²) in [5, 5.41) is 12.2. The maximum atomic E-state index is 13.1. The van der Waals surface area contributed by atoms with Crippen LogP contribution in [0, 0.1) is 0 Å². The van der Waals surface area contributed by atoms with Gasteiger partial charge in [0.1, 0.15) is 4.88 Å². The molecule has 1 amide bonds. The van der Waals surface area contributed by atoms with Crippen LogP contribution < -0.4 is 14.8 Å². The van der Waals surface area contributed by atoms with Crippen LogP contribution in [0.15, 0.2) is 52.1 Å². The molecule has 2 aromatic heterocycles. The van der Waals surface area contributed by atoms with Crippen LogP contribution in [0.3, 0.4) is 0 Å². The number of halogens is 3. The molecule has 0 saturated heterocycles. The van der Waals surface area contributed by atoms with E-state index in [9.17, 15) is 13.6 Å². The van der Waals surface area contributed by atoms with Gasteiger partial charge in [-0.2, -0.15) is 0 Å². The first-order valence-electron chi connectivity index (χ1n) is 8.71. The van der Waals surface area contributed by atoms with Crippen molar-refractivity contribution >= 4 is 56.4 Å². The summed E-state index contributed by atoms with van der Waals surface area (Å²) in [6.45, 7) is 0. The highest BCUT2D eigenvalue weighted by atomic mass is 35.5. The normalized spacial score (nSPS) is 14.2. The maximum Gasteiger partial charge on any atom is 0.586 e. The number of ether oxygens (including phenoxy) is 2. The summed E-state index contributed by atoms with van der Waals surface area (Å²) in [7, 11) is 0. The van der Waals surface area contributed by atoms with Gasteiger partial charge in [-0.1, -0.05) is 41.6 Å². The molecule has 0 unspecified atom stereocenters. The SMILES string of the molecule is O=C(CSc1nnc(-c2sc3ccccc3c2Cl)o1)Nc1ccc2c(c1)OC(F)(F)O2. The van der Waals surface area contributed by atoms with Crippen LogP contribution in [0.1, 0.15) is 0 Å². The summed E-state index contributed by atoms with van der Waals surface area (Å²) >= 11 is 8.89. The molecule has 4 aromatic rings. The van der Waals surface area contributed by atoms with Crippen molar-refractivity contribution in [2.45, 2.75) is 11.5 Å². The van der Waals surface area contributed by atoms with Gasteiger partial charge < -0.3 is 19.2 Å². The van der Waals surface area contributed by atoms with Crippen molar-refractivity contribution < 1.29 is 27.5 Å². The Labute approximate surface area is 186 Å². The van der Waals surface area contributed by atoms with E-state index < -0.39 is 12.2 Å². The van der Waals surface area contributed by atoms with Crippen molar-refractivity contribution in [1.82, 2.24) is 10.2 Å². The molecule has 0 aliphatic carbocycles. The number of fused-ring (bicyclic) bond motifs is 2. The fourth-order valence-electron chi connectivity index (χ4n) is 2.86. The lowest BCUT2D eigenvalue weighted by atomic mass is 10.2. The van der Waals surface area contributed by atoms with E-state index in [-0.39, 0.29) is 34.1 Å². The van der Waals surface area contributed by atoms with Gasteiger partial charge in [0.05, 0.1) is 10.8 Å².